The number of alkyl halides is 3. The lowest BCUT2D eigenvalue weighted by Gasteiger charge is -2.24. The van der Waals surface area contributed by atoms with Gasteiger partial charge in [0, 0.05) is 12.5 Å². The maximum absolute atomic E-state index is 14.6. The maximum Gasteiger partial charge on any atom is 0.399 e. The fourth-order valence-corrected chi connectivity index (χ4v) is 4.68. The van der Waals surface area contributed by atoms with Crippen molar-refractivity contribution in [1.82, 2.24) is 9.97 Å². The molecule has 36 heavy (non-hydrogen) atoms. The Balaban J connectivity index is 1.62. The zero-order valence-electron chi connectivity index (χ0n) is 21.0. The fourth-order valence-electron chi connectivity index (χ4n) is 4.68. The predicted octanol–water partition coefficient (Wildman–Crippen LogP) is 8.55. The molecule has 0 aliphatic carbocycles. The van der Waals surface area contributed by atoms with Crippen LogP contribution in [0.3, 0.4) is 0 Å². The van der Waals surface area contributed by atoms with E-state index >= 15 is 0 Å². The third kappa shape index (κ3) is 4.27. The van der Waals surface area contributed by atoms with Gasteiger partial charge in [-0.25, -0.2) is 9.97 Å². The Bertz CT molecular complexity index is 1590. The van der Waals surface area contributed by atoms with Crippen LogP contribution < -0.4 is 0 Å². The van der Waals surface area contributed by atoms with Crippen LogP contribution in [-0.4, -0.2) is 16.1 Å². The topological polar surface area (TPSA) is 52.1 Å². The molecule has 0 fully saturated rings. The molecule has 0 aliphatic heterocycles. The van der Waals surface area contributed by atoms with E-state index in [1.165, 1.54) is 17.7 Å². The predicted molar refractivity (Wildman–Crippen MR) is 134 cm³/mol. The minimum absolute atomic E-state index is 0.00424. The van der Waals surface area contributed by atoms with Crippen molar-refractivity contribution in [2.45, 2.75) is 59.1 Å². The number of rotatable bonds is 3. The highest BCUT2D eigenvalue weighted by Crippen LogP contribution is 2.44. The van der Waals surface area contributed by atoms with Crippen LogP contribution in [-0.2, 0) is 5.41 Å². The molecule has 0 spiro atoms. The van der Waals surface area contributed by atoms with Crippen LogP contribution in [0.5, 0.6) is 0 Å². The summed E-state index contributed by atoms with van der Waals surface area (Å²) < 4.78 is 55.2. The number of benzene rings is 3. The highest BCUT2D eigenvalue weighted by Gasteiger charge is 2.44. The second-order valence-electron chi connectivity index (χ2n) is 10.4. The van der Waals surface area contributed by atoms with Gasteiger partial charge in [0.05, 0.1) is 0 Å². The molecule has 0 radical (unpaired) electrons. The van der Waals surface area contributed by atoms with Gasteiger partial charge in [-0.2, -0.15) is 13.2 Å². The SMILES string of the molecule is Cc1nc2cc(C(c3cc4nc(-c5ccc(C(C)(C)C)cc5)oc4cc3C)C(F)(F)F)c(C)cc2o1. The van der Waals surface area contributed by atoms with Crippen LogP contribution in [0.15, 0.2) is 57.4 Å². The summed E-state index contributed by atoms with van der Waals surface area (Å²) in [4.78, 5) is 8.79. The lowest BCUT2D eigenvalue weighted by Crippen LogP contribution is -2.23. The van der Waals surface area contributed by atoms with Gasteiger partial charge in [0.25, 0.3) is 0 Å². The first kappa shape index (κ1) is 24.1. The molecule has 0 saturated carbocycles. The number of aromatic nitrogens is 2. The zero-order valence-corrected chi connectivity index (χ0v) is 21.0. The third-order valence-corrected chi connectivity index (χ3v) is 6.61. The second kappa shape index (κ2) is 8.22. The smallest absolute Gasteiger partial charge is 0.399 e. The molecule has 186 valence electrons. The molecule has 0 amide bonds. The standard InChI is InChI=1S/C29H27F3N2O2/c1-15-11-24-22(33-17(3)35-24)13-20(15)26(29(30,31)32)21-14-23-25(12-16(21)2)36-27(34-23)18-7-9-19(10-8-18)28(4,5)6/h7-14,26H,1-6H3. The average Bonchev–Trinajstić information content (AvgIpc) is 3.34. The first-order valence-electron chi connectivity index (χ1n) is 11.8. The van der Waals surface area contributed by atoms with Gasteiger partial charge in [0.2, 0.25) is 5.89 Å². The minimum Gasteiger partial charge on any atom is -0.441 e. The Hall–Kier alpha value is -3.61. The Morgan fingerprint density at radius 2 is 1.25 bits per heavy atom. The van der Waals surface area contributed by atoms with E-state index in [0.29, 0.717) is 45.1 Å². The van der Waals surface area contributed by atoms with Crippen LogP contribution in [0, 0.1) is 20.8 Å². The van der Waals surface area contributed by atoms with Crippen LogP contribution in [0.2, 0.25) is 0 Å². The monoisotopic (exact) mass is 492 g/mol. The Kier molecular flexibility index (Phi) is 5.50. The quantitative estimate of drug-likeness (QED) is 0.253. The molecule has 2 aromatic heterocycles. The summed E-state index contributed by atoms with van der Waals surface area (Å²) >= 11 is 0. The number of oxazole rings is 2. The highest BCUT2D eigenvalue weighted by molar-refractivity contribution is 5.79. The van der Waals surface area contributed by atoms with Gasteiger partial charge in [0.15, 0.2) is 17.1 Å². The number of nitrogens with zero attached hydrogens (tertiary/aromatic N) is 2. The summed E-state index contributed by atoms with van der Waals surface area (Å²) in [5.74, 6) is -1.05. The molecule has 5 aromatic rings. The van der Waals surface area contributed by atoms with E-state index in [1.807, 2.05) is 24.3 Å². The van der Waals surface area contributed by atoms with Crippen molar-refractivity contribution >= 4 is 22.2 Å². The molecular weight excluding hydrogens is 465 g/mol. The summed E-state index contributed by atoms with van der Waals surface area (Å²) in [7, 11) is 0. The molecule has 3 aromatic carbocycles. The minimum atomic E-state index is -4.52. The van der Waals surface area contributed by atoms with Crippen molar-refractivity contribution in [3.05, 3.63) is 82.2 Å². The molecule has 1 atom stereocenters. The Labute approximate surface area is 207 Å². The number of hydrogen-bond acceptors (Lipinski definition) is 4. The molecule has 0 bridgehead atoms. The van der Waals surface area contributed by atoms with Crippen LogP contribution >= 0.6 is 0 Å². The number of fused-ring (bicyclic) bond motifs is 2. The molecule has 0 saturated heterocycles. The van der Waals surface area contributed by atoms with Gasteiger partial charge < -0.3 is 8.83 Å². The summed E-state index contributed by atoms with van der Waals surface area (Å²) in [6, 6.07) is 14.1. The molecule has 0 N–H and O–H groups in total. The van der Waals surface area contributed by atoms with E-state index in [9.17, 15) is 13.2 Å². The number of hydrogen-bond donors (Lipinski definition) is 0. The van der Waals surface area contributed by atoms with E-state index in [0.717, 1.165) is 5.56 Å². The molecule has 7 heteroatoms. The van der Waals surface area contributed by atoms with Crippen molar-refractivity contribution in [2.24, 2.45) is 0 Å². The van der Waals surface area contributed by atoms with Crippen molar-refractivity contribution in [3.63, 3.8) is 0 Å². The fraction of sp³-hybridized carbons (Fsp3) is 0.310. The Morgan fingerprint density at radius 3 is 1.78 bits per heavy atom. The lowest BCUT2D eigenvalue weighted by molar-refractivity contribution is -0.141. The lowest BCUT2D eigenvalue weighted by atomic mass is 9.85. The van der Waals surface area contributed by atoms with Crippen molar-refractivity contribution in [1.29, 1.82) is 0 Å². The molecule has 4 nitrogen and oxygen atoms in total. The summed E-state index contributed by atoms with van der Waals surface area (Å²) in [6.45, 7) is 11.4. The average molecular weight is 493 g/mol. The van der Waals surface area contributed by atoms with E-state index in [2.05, 4.69) is 30.7 Å². The van der Waals surface area contributed by atoms with Crippen LogP contribution in [0.25, 0.3) is 33.7 Å². The van der Waals surface area contributed by atoms with Crippen molar-refractivity contribution < 1.29 is 22.0 Å². The third-order valence-electron chi connectivity index (χ3n) is 6.61. The Morgan fingerprint density at radius 1 is 0.722 bits per heavy atom. The molecule has 1 unspecified atom stereocenters. The van der Waals surface area contributed by atoms with E-state index in [4.69, 9.17) is 8.83 Å². The molecule has 0 aliphatic rings. The largest absolute Gasteiger partial charge is 0.441 e. The first-order valence-corrected chi connectivity index (χ1v) is 11.8. The van der Waals surface area contributed by atoms with Gasteiger partial charge in [-0.05, 0) is 83.5 Å². The van der Waals surface area contributed by atoms with Crippen molar-refractivity contribution in [3.8, 4) is 11.5 Å². The van der Waals surface area contributed by atoms with E-state index in [-0.39, 0.29) is 16.5 Å². The first-order chi connectivity index (χ1) is 16.8. The summed E-state index contributed by atoms with van der Waals surface area (Å²) in [6.07, 6.45) is -4.52. The maximum atomic E-state index is 14.6. The molecule has 5 rings (SSSR count). The molecule has 2 heterocycles. The second-order valence-corrected chi connectivity index (χ2v) is 10.4. The number of halogens is 3. The summed E-state index contributed by atoms with van der Waals surface area (Å²) in [5, 5.41) is 0. The van der Waals surface area contributed by atoms with Gasteiger partial charge >= 0.3 is 6.18 Å². The van der Waals surface area contributed by atoms with Gasteiger partial charge in [0.1, 0.15) is 17.0 Å². The normalized spacial score (nSPS) is 13.6. The van der Waals surface area contributed by atoms with Gasteiger partial charge in [-0.3, -0.25) is 0 Å². The van der Waals surface area contributed by atoms with Crippen LogP contribution in [0.4, 0.5) is 13.2 Å². The zero-order chi connectivity index (χ0) is 26.0. The van der Waals surface area contributed by atoms with E-state index < -0.39 is 12.1 Å². The van der Waals surface area contributed by atoms with Gasteiger partial charge in [-0.15, -0.1) is 0 Å². The summed E-state index contributed by atoms with van der Waals surface area (Å²) in [5.41, 5.74) is 4.91. The highest BCUT2D eigenvalue weighted by atomic mass is 19.4. The van der Waals surface area contributed by atoms with Gasteiger partial charge in [-0.1, -0.05) is 32.9 Å². The molecular formula is C29H27F3N2O2. The van der Waals surface area contributed by atoms with E-state index in [1.54, 1.807) is 32.9 Å². The van der Waals surface area contributed by atoms with Crippen molar-refractivity contribution in [2.75, 3.05) is 0 Å². The van der Waals surface area contributed by atoms with Crippen LogP contribution in [0.1, 0.15) is 60.4 Å². The number of aryl methyl sites for hydroxylation is 3.